The summed E-state index contributed by atoms with van der Waals surface area (Å²) in [5.74, 6) is -0.914. The third-order valence-electron chi connectivity index (χ3n) is 5.30. The molecule has 178 valence electrons. The van der Waals surface area contributed by atoms with Crippen LogP contribution in [0.25, 0.3) is 22.0 Å². The van der Waals surface area contributed by atoms with Crippen molar-refractivity contribution in [3.05, 3.63) is 65.6 Å². The molecule has 1 aromatic heterocycles. The summed E-state index contributed by atoms with van der Waals surface area (Å²) in [4.78, 5) is 12.2. The van der Waals surface area contributed by atoms with Gasteiger partial charge < -0.3 is 15.0 Å². The summed E-state index contributed by atoms with van der Waals surface area (Å²) < 4.78 is 47.4. The lowest BCUT2D eigenvalue weighted by molar-refractivity contribution is 0.0601. The lowest BCUT2D eigenvalue weighted by Crippen LogP contribution is -2.22. The molecule has 2 N–H and O–H groups in total. The number of ether oxygens (including phenoxy) is 1. The van der Waals surface area contributed by atoms with Crippen molar-refractivity contribution in [3.8, 4) is 11.1 Å². The van der Waals surface area contributed by atoms with Crippen LogP contribution in [0.4, 0.5) is 4.39 Å². The Bertz CT molecular complexity index is 1320. The Morgan fingerprint density at radius 2 is 1.91 bits per heavy atom. The fraction of sp³-hybridized carbons (Fsp3) is 0.261. The number of halogens is 2. The number of benzene rings is 2. The van der Waals surface area contributed by atoms with Crippen molar-refractivity contribution in [2.75, 3.05) is 27.7 Å². The molecule has 3 rings (SSSR count). The molecule has 0 fully saturated rings. The van der Waals surface area contributed by atoms with Crippen LogP contribution in [0.3, 0.4) is 0 Å². The SMILES string of the molecule is COC(=O)c1ccc2c(-c3cccc(S(=O)(=O)N(C)C)c3)c(C)n(C/C(F)=C/CN)c2c1.Cl. The molecule has 0 saturated carbocycles. The molecular weight excluding hydrogens is 469 g/mol. The molecule has 0 aliphatic rings. The lowest BCUT2D eigenvalue weighted by atomic mass is 10.0. The van der Waals surface area contributed by atoms with Gasteiger partial charge in [0.05, 0.1) is 29.6 Å². The van der Waals surface area contributed by atoms with Crippen molar-refractivity contribution in [1.29, 1.82) is 0 Å². The Kier molecular flexibility index (Phi) is 8.42. The maximum absolute atomic E-state index is 14.4. The fourth-order valence-corrected chi connectivity index (χ4v) is 4.60. The molecule has 0 atom stereocenters. The topological polar surface area (TPSA) is 94.6 Å². The molecule has 0 bridgehead atoms. The Hall–Kier alpha value is -2.72. The number of methoxy groups -OCH3 is 1. The van der Waals surface area contributed by atoms with E-state index in [4.69, 9.17) is 10.5 Å². The average Bonchev–Trinajstić information content (AvgIpc) is 3.04. The molecule has 7 nitrogen and oxygen atoms in total. The largest absolute Gasteiger partial charge is 0.465 e. The molecule has 0 aliphatic carbocycles. The standard InChI is InChI=1S/C23H26FN3O4S.ClH/c1-15-22(16-6-5-7-19(12-16)32(29,30)26(2)3)20-9-8-17(23(28)31-4)13-21(20)27(15)14-18(24)10-11-25;/h5-10,12-13H,11,14,25H2,1-4H3;1H/b18-10-;. The first-order valence-corrected chi connectivity index (χ1v) is 11.3. The second-order valence-electron chi connectivity index (χ2n) is 7.47. The van der Waals surface area contributed by atoms with Gasteiger partial charge in [0.2, 0.25) is 10.0 Å². The summed E-state index contributed by atoms with van der Waals surface area (Å²) in [5.41, 5.74) is 8.55. The maximum atomic E-state index is 14.4. The van der Waals surface area contributed by atoms with Crippen LogP contribution < -0.4 is 5.73 Å². The van der Waals surface area contributed by atoms with Gasteiger partial charge in [0.25, 0.3) is 0 Å². The van der Waals surface area contributed by atoms with Gasteiger partial charge in [0, 0.05) is 37.3 Å². The number of hydrogen-bond donors (Lipinski definition) is 1. The minimum absolute atomic E-state index is 0. The van der Waals surface area contributed by atoms with Crippen LogP contribution >= 0.6 is 12.4 Å². The van der Waals surface area contributed by atoms with Gasteiger partial charge in [-0.05, 0) is 42.8 Å². The fourth-order valence-electron chi connectivity index (χ4n) is 3.66. The summed E-state index contributed by atoms with van der Waals surface area (Å²) in [6.45, 7) is 1.82. The number of rotatable bonds is 7. The van der Waals surface area contributed by atoms with Gasteiger partial charge >= 0.3 is 5.97 Å². The Balaban J connectivity index is 0.00000385. The molecule has 0 saturated heterocycles. The van der Waals surface area contributed by atoms with Crippen LogP contribution in [-0.4, -0.2) is 51.0 Å². The predicted molar refractivity (Wildman–Crippen MR) is 130 cm³/mol. The number of sulfonamides is 1. The predicted octanol–water partition coefficient (Wildman–Crippen LogP) is 3.89. The number of esters is 1. The number of nitrogens with zero attached hydrogens (tertiary/aromatic N) is 2. The number of carbonyl (C=O) groups is 1. The van der Waals surface area contributed by atoms with E-state index in [1.807, 2.05) is 6.92 Å². The van der Waals surface area contributed by atoms with Gasteiger partial charge in [-0.2, -0.15) is 0 Å². The molecule has 1 heterocycles. The highest BCUT2D eigenvalue weighted by atomic mass is 35.5. The monoisotopic (exact) mass is 495 g/mol. The smallest absolute Gasteiger partial charge is 0.337 e. The van der Waals surface area contributed by atoms with Crippen LogP contribution in [0.5, 0.6) is 0 Å². The normalized spacial score (nSPS) is 12.2. The Labute approximate surface area is 199 Å². The average molecular weight is 496 g/mol. The molecule has 0 amide bonds. The molecule has 10 heteroatoms. The number of allylic oxidation sites excluding steroid dienone is 1. The van der Waals surface area contributed by atoms with Crippen molar-refractivity contribution in [2.45, 2.75) is 18.4 Å². The highest BCUT2D eigenvalue weighted by Crippen LogP contribution is 2.37. The Morgan fingerprint density at radius 3 is 2.52 bits per heavy atom. The maximum Gasteiger partial charge on any atom is 0.337 e. The molecule has 0 radical (unpaired) electrons. The van der Waals surface area contributed by atoms with Crippen molar-refractivity contribution in [1.82, 2.24) is 8.87 Å². The van der Waals surface area contributed by atoms with E-state index < -0.39 is 21.8 Å². The number of hydrogen-bond acceptors (Lipinski definition) is 5. The van der Waals surface area contributed by atoms with Crippen LogP contribution in [0.2, 0.25) is 0 Å². The molecular formula is C23H27ClFN3O4S. The van der Waals surface area contributed by atoms with E-state index in [1.165, 1.54) is 33.3 Å². The van der Waals surface area contributed by atoms with Crippen LogP contribution in [0, 0.1) is 6.92 Å². The van der Waals surface area contributed by atoms with Crippen molar-refractivity contribution < 1.29 is 22.3 Å². The van der Waals surface area contributed by atoms with Gasteiger partial charge in [-0.15, -0.1) is 12.4 Å². The minimum atomic E-state index is -3.63. The molecule has 33 heavy (non-hydrogen) atoms. The molecule has 3 aromatic rings. The second kappa shape index (κ2) is 10.5. The molecule has 0 aliphatic heterocycles. The van der Waals surface area contributed by atoms with E-state index in [-0.39, 0.29) is 30.4 Å². The number of fused-ring (bicyclic) bond motifs is 1. The van der Waals surface area contributed by atoms with E-state index in [0.717, 1.165) is 20.9 Å². The van der Waals surface area contributed by atoms with Gasteiger partial charge in [-0.25, -0.2) is 21.9 Å². The zero-order valence-corrected chi connectivity index (χ0v) is 20.5. The Morgan fingerprint density at radius 1 is 1.21 bits per heavy atom. The lowest BCUT2D eigenvalue weighted by Gasteiger charge is -2.13. The number of carbonyl (C=O) groups excluding carboxylic acids is 1. The van der Waals surface area contributed by atoms with Gasteiger partial charge in [-0.3, -0.25) is 0 Å². The highest BCUT2D eigenvalue weighted by Gasteiger charge is 2.22. The highest BCUT2D eigenvalue weighted by molar-refractivity contribution is 7.89. The van der Waals surface area contributed by atoms with Gasteiger partial charge in [0.1, 0.15) is 5.83 Å². The first kappa shape index (κ1) is 26.5. The summed E-state index contributed by atoms with van der Waals surface area (Å²) >= 11 is 0. The van der Waals surface area contributed by atoms with E-state index in [2.05, 4.69) is 0 Å². The molecule has 0 unspecified atom stereocenters. The minimum Gasteiger partial charge on any atom is -0.465 e. The molecule has 0 spiro atoms. The van der Waals surface area contributed by atoms with E-state index in [1.54, 1.807) is 41.0 Å². The summed E-state index contributed by atoms with van der Waals surface area (Å²) in [6, 6.07) is 11.7. The van der Waals surface area contributed by atoms with E-state index in [0.29, 0.717) is 16.6 Å². The van der Waals surface area contributed by atoms with Crippen LogP contribution in [0.1, 0.15) is 16.1 Å². The van der Waals surface area contributed by atoms with E-state index >= 15 is 0 Å². The van der Waals surface area contributed by atoms with E-state index in [9.17, 15) is 17.6 Å². The zero-order chi connectivity index (χ0) is 23.6. The number of aromatic nitrogens is 1. The van der Waals surface area contributed by atoms with Gasteiger partial charge in [-0.1, -0.05) is 18.2 Å². The summed E-state index contributed by atoms with van der Waals surface area (Å²) in [5, 5.41) is 0.759. The third kappa shape index (κ3) is 5.11. The van der Waals surface area contributed by atoms with Crippen LogP contribution in [-0.2, 0) is 21.3 Å². The summed E-state index contributed by atoms with van der Waals surface area (Å²) in [7, 11) is 0.607. The zero-order valence-electron chi connectivity index (χ0n) is 18.8. The van der Waals surface area contributed by atoms with Crippen molar-refractivity contribution >= 4 is 39.3 Å². The quantitative estimate of drug-likeness (QED) is 0.502. The van der Waals surface area contributed by atoms with Crippen LogP contribution in [0.15, 0.2) is 59.3 Å². The summed E-state index contributed by atoms with van der Waals surface area (Å²) in [6.07, 6.45) is 1.29. The first-order chi connectivity index (χ1) is 15.1. The van der Waals surface area contributed by atoms with Crippen molar-refractivity contribution in [3.63, 3.8) is 0 Å². The van der Waals surface area contributed by atoms with Gasteiger partial charge in [0.15, 0.2) is 0 Å². The number of nitrogens with two attached hydrogens (primary N) is 1. The third-order valence-corrected chi connectivity index (χ3v) is 7.11. The van der Waals surface area contributed by atoms with Crippen molar-refractivity contribution in [2.24, 2.45) is 5.73 Å². The second-order valence-corrected chi connectivity index (χ2v) is 9.62. The first-order valence-electron chi connectivity index (χ1n) is 9.90. The molecule has 2 aromatic carbocycles.